The number of carbonyl (C=O) groups is 5. The Balaban J connectivity index is 1.62. The largest absolute Gasteiger partial charge is 0.461 e. The van der Waals surface area contributed by atoms with Crippen molar-refractivity contribution in [3.63, 3.8) is 0 Å². The number of nitrogens with one attached hydrogen (secondary N) is 3. The van der Waals surface area contributed by atoms with Gasteiger partial charge < -0.3 is 95.8 Å². The number of ketones is 2. The maximum atomic E-state index is 14.0. The number of amides is 2. The van der Waals surface area contributed by atoms with Gasteiger partial charge >= 0.3 is 5.97 Å². The van der Waals surface area contributed by atoms with Crippen molar-refractivity contribution in [1.82, 2.24) is 20.4 Å². The number of ether oxygens (including phenoxy) is 4. The molecule has 2 bridgehead atoms. The molecule has 6 unspecified atom stereocenters. The highest BCUT2D eigenvalue weighted by atomic mass is 16.7. The lowest BCUT2D eigenvalue weighted by Gasteiger charge is -2.46. The van der Waals surface area contributed by atoms with E-state index in [0.29, 0.717) is 18.5 Å². The SMILES string of the molecule is CNc1ccc(C(=O)CC(O)CC[C@H](C)[C@H]2OC(=O)C[C@H](O)CC(=O)CC(O)CC(O)CC(O)CC(O)C[C@]3(O)C[C@H](O)[C@H](C(=O)NCCN(C)C)[C@H](C[C@@H](O[C@H]4OC(C)[C@@H](O)[C@H](NC(=O)CN(C)C)[C@@H]4O)/C=C/C=C/C=C/C=C/C=C/C=C/C=C/[C@@H]2C)O3)cc1. The van der Waals surface area contributed by atoms with Crippen LogP contribution < -0.4 is 16.0 Å². The Hall–Kier alpha value is -5.65. The number of esters is 1. The second kappa shape index (κ2) is 39.8. The van der Waals surface area contributed by atoms with Gasteiger partial charge in [-0.2, -0.15) is 0 Å². The summed E-state index contributed by atoms with van der Waals surface area (Å²) in [6.45, 7) is 5.81. The molecular weight excluding hydrogens is 1180 g/mol. The van der Waals surface area contributed by atoms with Crippen LogP contribution in [-0.4, -0.2) is 243 Å². The summed E-state index contributed by atoms with van der Waals surface area (Å²) in [5, 5.41) is 121. The summed E-state index contributed by atoms with van der Waals surface area (Å²) in [7, 11) is 8.75. The number of hydrogen-bond donors (Lipinski definition) is 13. The number of carbonyl (C=O) groups excluding carboxylic acids is 5. The molecule has 2 saturated heterocycles. The number of aliphatic hydroxyl groups is 10. The second-order valence-electron chi connectivity index (χ2n) is 24.9. The molecule has 0 aliphatic carbocycles. The van der Waals surface area contributed by atoms with Gasteiger partial charge in [-0.15, -0.1) is 0 Å². The molecule has 3 aliphatic rings. The fourth-order valence-corrected chi connectivity index (χ4v) is 11.3. The van der Waals surface area contributed by atoms with Gasteiger partial charge in [-0.3, -0.25) is 24.0 Å². The maximum Gasteiger partial charge on any atom is 0.308 e. The van der Waals surface area contributed by atoms with E-state index in [1.165, 1.54) is 6.92 Å². The monoisotopic (exact) mass is 1280 g/mol. The quantitative estimate of drug-likeness (QED) is 0.0784. The fourth-order valence-electron chi connectivity index (χ4n) is 11.3. The molecule has 510 valence electrons. The predicted molar refractivity (Wildman–Crippen MR) is 342 cm³/mol. The molecule has 1 aromatic rings. The number of Topliss-reactive ketones (excluding diaryl/α,β-unsaturated/α-hetero) is 2. The zero-order valence-corrected chi connectivity index (χ0v) is 53.9. The van der Waals surface area contributed by atoms with Crippen molar-refractivity contribution in [3.05, 3.63) is 115 Å². The van der Waals surface area contributed by atoms with Crippen molar-refractivity contribution >= 4 is 35.0 Å². The highest BCUT2D eigenvalue weighted by Crippen LogP contribution is 2.38. The van der Waals surface area contributed by atoms with Crippen LogP contribution >= 0.6 is 0 Å². The average Bonchev–Trinajstić information content (AvgIpc) is 0.818. The molecule has 91 heavy (non-hydrogen) atoms. The molecule has 2 fully saturated rings. The van der Waals surface area contributed by atoms with Crippen LogP contribution in [0.15, 0.2) is 109 Å². The van der Waals surface area contributed by atoms with Crippen molar-refractivity contribution in [2.45, 2.75) is 195 Å². The molecule has 13 N–H and O–H groups in total. The van der Waals surface area contributed by atoms with E-state index in [4.69, 9.17) is 18.9 Å². The highest BCUT2D eigenvalue weighted by molar-refractivity contribution is 5.96. The Bertz CT molecular complexity index is 2610. The first kappa shape index (κ1) is 77.8. The van der Waals surface area contributed by atoms with Crippen molar-refractivity contribution in [2.24, 2.45) is 17.8 Å². The van der Waals surface area contributed by atoms with Crippen LogP contribution in [0.5, 0.6) is 0 Å². The average molecular weight is 1280 g/mol. The Morgan fingerprint density at radius 1 is 0.703 bits per heavy atom. The third kappa shape index (κ3) is 28.6. The van der Waals surface area contributed by atoms with Gasteiger partial charge in [0.15, 0.2) is 17.9 Å². The minimum atomic E-state index is -2.32. The first-order chi connectivity index (χ1) is 43.1. The first-order valence-electron chi connectivity index (χ1n) is 31.5. The Labute approximate surface area is 535 Å². The van der Waals surface area contributed by atoms with E-state index in [1.807, 2.05) is 38.9 Å². The predicted octanol–water partition coefficient (Wildman–Crippen LogP) is 2.06. The van der Waals surface area contributed by atoms with Gasteiger partial charge in [-0.25, -0.2) is 0 Å². The van der Waals surface area contributed by atoms with Crippen LogP contribution in [0.25, 0.3) is 0 Å². The van der Waals surface area contributed by atoms with E-state index in [1.54, 1.807) is 129 Å². The number of hydrogen-bond acceptors (Lipinski definition) is 22. The van der Waals surface area contributed by atoms with Gasteiger partial charge in [0, 0.05) is 75.8 Å². The van der Waals surface area contributed by atoms with E-state index in [9.17, 15) is 75.0 Å². The molecule has 1 aromatic carbocycles. The Kier molecular flexibility index (Phi) is 34.0. The molecule has 0 spiro atoms. The molecule has 24 nitrogen and oxygen atoms in total. The van der Waals surface area contributed by atoms with Crippen LogP contribution in [0.3, 0.4) is 0 Å². The number of nitrogens with zero attached hydrogens (tertiary/aromatic N) is 2. The van der Waals surface area contributed by atoms with Gasteiger partial charge in [0.1, 0.15) is 24.1 Å². The number of cyclic esters (lactones) is 1. The van der Waals surface area contributed by atoms with E-state index >= 15 is 0 Å². The van der Waals surface area contributed by atoms with Gasteiger partial charge in [-0.05, 0) is 97.4 Å². The molecule has 19 atom stereocenters. The highest BCUT2D eigenvalue weighted by Gasteiger charge is 2.51. The van der Waals surface area contributed by atoms with Crippen LogP contribution in [0, 0.1) is 17.8 Å². The molecule has 2 amide bonds. The first-order valence-corrected chi connectivity index (χ1v) is 31.5. The van der Waals surface area contributed by atoms with Crippen molar-refractivity contribution in [3.8, 4) is 0 Å². The van der Waals surface area contributed by atoms with Crippen LogP contribution in [0.4, 0.5) is 5.69 Å². The topological polar surface area (TPSA) is 367 Å². The number of fused-ring (bicyclic) bond motifs is 2. The number of likely N-dealkylation sites (N-methyl/N-ethyl adjacent to an activating group) is 2. The zero-order chi connectivity index (χ0) is 67.4. The molecule has 0 radical (unpaired) electrons. The Morgan fingerprint density at radius 3 is 1.87 bits per heavy atom. The van der Waals surface area contributed by atoms with E-state index in [-0.39, 0.29) is 50.0 Å². The third-order valence-corrected chi connectivity index (χ3v) is 16.0. The third-order valence-electron chi connectivity index (χ3n) is 16.0. The summed E-state index contributed by atoms with van der Waals surface area (Å²) < 4.78 is 24.6. The number of anilines is 1. The van der Waals surface area contributed by atoms with Crippen LogP contribution in [-0.2, 0) is 38.1 Å². The molecule has 0 saturated carbocycles. The van der Waals surface area contributed by atoms with Crippen molar-refractivity contribution in [1.29, 1.82) is 0 Å². The summed E-state index contributed by atoms with van der Waals surface area (Å²) in [5.74, 6) is -7.10. The normalized spacial score (nSPS) is 34.9. The summed E-state index contributed by atoms with van der Waals surface area (Å²) in [5.41, 5.74) is 1.30. The van der Waals surface area contributed by atoms with Gasteiger partial charge in [0.2, 0.25) is 11.8 Å². The van der Waals surface area contributed by atoms with Crippen LogP contribution in [0.1, 0.15) is 108 Å². The lowest BCUT2D eigenvalue weighted by molar-refractivity contribution is -0.307. The van der Waals surface area contributed by atoms with Crippen molar-refractivity contribution in [2.75, 3.05) is 60.2 Å². The molecule has 0 aromatic heterocycles. The number of rotatable bonds is 17. The molecule has 3 aliphatic heterocycles. The molecule has 4 rings (SSSR count). The minimum Gasteiger partial charge on any atom is -0.461 e. The smallest absolute Gasteiger partial charge is 0.308 e. The van der Waals surface area contributed by atoms with E-state index in [2.05, 4.69) is 16.0 Å². The van der Waals surface area contributed by atoms with Gasteiger partial charge in [0.05, 0.1) is 86.0 Å². The maximum absolute atomic E-state index is 14.0. The number of allylic oxidation sites excluding steroid dienone is 12. The Morgan fingerprint density at radius 2 is 1.27 bits per heavy atom. The molecule has 24 heteroatoms. The lowest BCUT2D eigenvalue weighted by atomic mass is 9.82. The molecule has 3 heterocycles. The summed E-state index contributed by atoms with van der Waals surface area (Å²) in [6.07, 6.45) is 2.19. The summed E-state index contributed by atoms with van der Waals surface area (Å²) in [4.78, 5) is 69.8. The zero-order valence-electron chi connectivity index (χ0n) is 53.9. The van der Waals surface area contributed by atoms with Crippen LogP contribution in [0.2, 0.25) is 0 Å². The summed E-state index contributed by atoms with van der Waals surface area (Å²) >= 11 is 0. The van der Waals surface area contributed by atoms with E-state index in [0.717, 1.165) is 5.69 Å². The molecular formula is C67H103N5O19. The van der Waals surface area contributed by atoms with Crippen molar-refractivity contribution < 1.29 is 94.0 Å². The fraction of sp³-hybridized carbons (Fsp3) is 0.627. The van der Waals surface area contributed by atoms with Gasteiger partial charge in [-0.1, -0.05) is 98.9 Å². The second-order valence-corrected chi connectivity index (χ2v) is 24.9. The minimum absolute atomic E-state index is 0.0513. The van der Waals surface area contributed by atoms with Gasteiger partial charge in [0.25, 0.3) is 0 Å². The number of aliphatic hydroxyl groups excluding tert-OH is 9. The number of benzene rings is 1. The lowest BCUT2D eigenvalue weighted by Crippen LogP contribution is -2.64. The standard InChI is InChI=1S/C67H103N5O19/c1-42-21-19-17-15-13-11-9-10-12-14-16-18-20-22-54(89-66-63(85)61(62(84)44(3)88-66)70-58(82)41-72(7)8)38-57-60(65(86)69-29-30-71(5)6)56(81)40-67(87,91-57)39-53(79)35-51(77)33-49(75)31-48(74)32-50(76)34-52(78)37-59(83)90-64(42)43(2)23-28-47(73)36-55(80)45-24-26-46(68-4)27-25-45/h9-22,24-27,42-44,47-49,51-54,56-57,60-64,66,68,73-75,77-79,81,84-85,87H,23,28-41H2,1-8H3,(H,69,86)(H,70,82)/b10-9+,13-11+,14-12+,17-15+,18-16+,21-19+,22-20+/t42-,43-,44?,47?,48?,49?,51?,52+,53?,54-,56-,57-,60-,61-,62+,63-,64-,66+,67+/m0/s1. The summed E-state index contributed by atoms with van der Waals surface area (Å²) in [6, 6.07) is 5.68. The van der Waals surface area contributed by atoms with E-state index < -0.39 is 178 Å².